The summed E-state index contributed by atoms with van der Waals surface area (Å²) in [6, 6.07) is 12.6. The lowest BCUT2D eigenvalue weighted by Gasteiger charge is -2.15. The third-order valence-corrected chi connectivity index (χ3v) is 6.64. The van der Waals surface area contributed by atoms with Gasteiger partial charge < -0.3 is 29.0 Å². The Morgan fingerprint density at radius 3 is 2.69 bits per heavy atom. The molecule has 32 heavy (non-hydrogen) atoms. The molecule has 7 nitrogen and oxygen atoms in total. The Hall–Kier alpha value is -2.42. The van der Waals surface area contributed by atoms with Crippen LogP contribution in [0.1, 0.15) is 12.0 Å². The maximum absolute atomic E-state index is 9.91. The number of benzene rings is 2. The molecule has 4 heterocycles. The number of H-pyrrole nitrogens is 1. The van der Waals surface area contributed by atoms with Crippen LogP contribution in [0.2, 0.25) is 5.02 Å². The number of hydrogen-bond donors (Lipinski definition) is 2. The summed E-state index contributed by atoms with van der Waals surface area (Å²) in [4.78, 5) is 7.77. The number of halogens is 1. The Kier molecular flexibility index (Phi) is 5.16. The summed E-state index contributed by atoms with van der Waals surface area (Å²) in [5, 5.41) is 10.5. The van der Waals surface area contributed by atoms with Crippen molar-refractivity contribution in [3.63, 3.8) is 0 Å². The lowest BCUT2D eigenvalue weighted by molar-refractivity contribution is 0.00706. The minimum atomic E-state index is -0.611. The summed E-state index contributed by atoms with van der Waals surface area (Å²) < 4.78 is 22.7. The SMILES string of the molecule is O[C@@H]1CO[C@H]2C1OC[C@H]2Oc1nc2cc(-c3ccc(C4=CCOCC4)cc3)c(Cl)cc2[nH]1. The molecule has 2 N–H and O–H groups in total. The first-order chi connectivity index (χ1) is 15.7. The van der Waals surface area contributed by atoms with Crippen LogP contribution in [-0.2, 0) is 14.2 Å². The van der Waals surface area contributed by atoms with Gasteiger partial charge in [-0.1, -0.05) is 41.9 Å². The highest BCUT2D eigenvalue weighted by molar-refractivity contribution is 6.34. The standard InChI is InChI=1S/C24H23ClN2O5/c25-17-10-19-18(26-24(27-19)32-21-12-31-22-20(28)11-30-23(21)22)9-16(17)15-3-1-13(2-4-15)14-5-7-29-8-6-14/h1-5,9-10,20-23,28H,6-8,11-12H2,(H,26,27)/t20-,21-,22?,23-/m1/s1. The third-order valence-electron chi connectivity index (χ3n) is 6.32. The Bertz CT molecular complexity index is 1180. The molecule has 3 aromatic rings. The smallest absolute Gasteiger partial charge is 0.295 e. The van der Waals surface area contributed by atoms with E-state index in [1.165, 1.54) is 11.1 Å². The van der Waals surface area contributed by atoms with Gasteiger partial charge in [-0.15, -0.1) is 0 Å². The van der Waals surface area contributed by atoms with E-state index in [2.05, 4.69) is 40.3 Å². The van der Waals surface area contributed by atoms with Gasteiger partial charge in [-0.3, -0.25) is 0 Å². The molecule has 1 aromatic heterocycles. The fraction of sp³-hybridized carbons (Fsp3) is 0.375. The predicted molar refractivity (Wildman–Crippen MR) is 120 cm³/mol. The van der Waals surface area contributed by atoms with Crippen LogP contribution >= 0.6 is 11.6 Å². The van der Waals surface area contributed by atoms with Gasteiger partial charge in [-0.05, 0) is 35.3 Å². The molecule has 0 radical (unpaired) electrons. The lowest BCUT2D eigenvalue weighted by Crippen LogP contribution is -2.34. The highest BCUT2D eigenvalue weighted by Crippen LogP contribution is 2.34. The van der Waals surface area contributed by atoms with Crippen molar-refractivity contribution in [2.75, 3.05) is 26.4 Å². The van der Waals surface area contributed by atoms with Gasteiger partial charge >= 0.3 is 0 Å². The second-order valence-electron chi connectivity index (χ2n) is 8.34. The second kappa shape index (κ2) is 8.17. The van der Waals surface area contributed by atoms with Crippen molar-refractivity contribution in [3.8, 4) is 17.1 Å². The molecule has 0 saturated carbocycles. The molecule has 4 atom stereocenters. The first-order valence-electron chi connectivity index (χ1n) is 10.8. The van der Waals surface area contributed by atoms with Gasteiger partial charge in [0.1, 0.15) is 18.3 Å². The van der Waals surface area contributed by atoms with Gasteiger partial charge in [0.2, 0.25) is 0 Å². The minimum Gasteiger partial charge on any atom is -0.456 e. The van der Waals surface area contributed by atoms with Gasteiger partial charge in [0.05, 0.1) is 42.5 Å². The third kappa shape index (κ3) is 3.60. The summed E-state index contributed by atoms with van der Waals surface area (Å²) in [7, 11) is 0. The highest BCUT2D eigenvalue weighted by Gasteiger charge is 2.48. The Balaban J connectivity index is 1.24. The van der Waals surface area contributed by atoms with Crippen molar-refractivity contribution in [1.82, 2.24) is 9.97 Å². The summed E-state index contributed by atoms with van der Waals surface area (Å²) in [5.74, 6) is 0. The molecule has 0 spiro atoms. The van der Waals surface area contributed by atoms with Crippen LogP contribution in [-0.4, -0.2) is 65.9 Å². The highest BCUT2D eigenvalue weighted by atomic mass is 35.5. The van der Waals surface area contributed by atoms with Crippen LogP contribution in [0.15, 0.2) is 42.5 Å². The molecule has 6 rings (SSSR count). The fourth-order valence-electron chi connectivity index (χ4n) is 4.63. The van der Waals surface area contributed by atoms with Gasteiger partial charge in [0.25, 0.3) is 6.01 Å². The number of aromatic amines is 1. The number of aromatic nitrogens is 2. The van der Waals surface area contributed by atoms with E-state index >= 15 is 0 Å². The van der Waals surface area contributed by atoms with Crippen LogP contribution in [0.4, 0.5) is 0 Å². The molecule has 3 aliphatic heterocycles. The van der Waals surface area contributed by atoms with E-state index in [0.717, 1.165) is 35.2 Å². The number of fused-ring (bicyclic) bond motifs is 2. The lowest BCUT2D eigenvalue weighted by atomic mass is 9.98. The van der Waals surface area contributed by atoms with E-state index in [9.17, 15) is 5.11 Å². The Morgan fingerprint density at radius 1 is 1.06 bits per heavy atom. The number of nitrogens with zero attached hydrogens (tertiary/aromatic N) is 1. The van der Waals surface area contributed by atoms with E-state index in [0.29, 0.717) is 24.2 Å². The predicted octanol–water partition coefficient (Wildman–Crippen LogP) is 3.59. The number of rotatable bonds is 4. The Morgan fingerprint density at radius 2 is 1.88 bits per heavy atom. The van der Waals surface area contributed by atoms with Gasteiger partial charge in [-0.2, -0.15) is 4.98 Å². The van der Waals surface area contributed by atoms with Gasteiger partial charge in [-0.25, -0.2) is 0 Å². The van der Waals surface area contributed by atoms with E-state index in [4.69, 9.17) is 30.5 Å². The van der Waals surface area contributed by atoms with Crippen LogP contribution in [0.5, 0.6) is 6.01 Å². The summed E-state index contributed by atoms with van der Waals surface area (Å²) in [6.45, 7) is 2.05. The molecule has 166 valence electrons. The van der Waals surface area contributed by atoms with E-state index in [-0.39, 0.29) is 24.9 Å². The maximum atomic E-state index is 9.91. The number of aliphatic hydroxyl groups is 1. The summed E-state index contributed by atoms with van der Waals surface area (Å²) in [5.41, 5.74) is 6.02. The molecule has 2 fully saturated rings. The van der Waals surface area contributed by atoms with Crippen molar-refractivity contribution in [1.29, 1.82) is 0 Å². The molecule has 2 aromatic carbocycles. The molecule has 0 bridgehead atoms. The molecular formula is C24H23ClN2O5. The van der Waals surface area contributed by atoms with Crippen LogP contribution in [0, 0.1) is 0 Å². The summed E-state index contributed by atoms with van der Waals surface area (Å²) in [6.07, 6.45) is 1.50. The molecule has 0 aliphatic carbocycles. The van der Waals surface area contributed by atoms with Crippen LogP contribution < -0.4 is 4.74 Å². The monoisotopic (exact) mass is 454 g/mol. The zero-order chi connectivity index (χ0) is 21.7. The molecular weight excluding hydrogens is 432 g/mol. The Labute approximate surface area is 189 Å². The largest absolute Gasteiger partial charge is 0.456 e. The van der Waals surface area contributed by atoms with Crippen LogP contribution in [0.3, 0.4) is 0 Å². The molecule has 8 heteroatoms. The molecule has 0 amide bonds. The first-order valence-corrected chi connectivity index (χ1v) is 11.2. The van der Waals surface area contributed by atoms with E-state index in [1.54, 1.807) is 0 Å². The number of imidazole rings is 1. The molecule has 3 aliphatic rings. The fourth-order valence-corrected chi connectivity index (χ4v) is 4.90. The molecule has 1 unspecified atom stereocenters. The average Bonchev–Trinajstić information content (AvgIpc) is 3.51. The zero-order valence-corrected chi connectivity index (χ0v) is 18.0. The number of hydrogen-bond acceptors (Lipinski definition) is 6. The minimum absolute atomic E-state index is 0.262. The zero-order valence-electron chi connectivity index (χ0n) is 17.3. The van der Waals surface area contributed by atoms with Gasteiger partial charge in [0, 0.05) is 5.56 Å². The maximum Gasteiger partial charge on any atom is 0.295 e. The van der Waals surface area contributed by atoms with E-state index in [1.807, 2.05) is 12.1 Å². The topological polar surface area (TPSA) is 85.8 Å². The normalized spacial score (nSPS) is 27.5. The first kappa shape index (κ1) is 20.2. The van der Waals surface area contributed by atoms with Crippen molar-refractivity contribution in [2.45, 2.75) is 30.8 Å². The van der Waals surface area contributed by atoms with Crippen molar-refractivity contribution < 1.29 is 24.1 Å². The van der Waals surface area contributed by atoms with E-state index < -0.39 is 6.10 Å². The average molecular weight is 455 g/mol. The number of nitrogens with one attached hydrogen (secondary N) is 1. The van der Waals surface area contributed by atoms with Crippen molar-refractivity contribution >= 4 is 28.2 Å². The second-order valence-corrected chi connectivity index (χ2v) is 8.75. The quantitative estimate of drug-likeness (QED) is 0.626. The van der Waals surface area contributed by atoms with Crippen LogP contribution in [0.25, 0.3) is 27.7 Å². The summed E-state index contributed by atoms with van der Waals surface area (Å²) >= 11 is 6.61. The van der Waals surface area contributed by atoms with Crippen molar-refractivity contribution in [2.24, 2.45) is 0 Å². The molecule has 2 saturated heterocycles. The number of ether oxygens (including phenoxy) is 4. The van der Waals surface area contributed by atoms with Gasteiger partial charge in [0.15, 0.2) is 6.10 Å². The van der Waals surface area contributed by atoms with Crippen molar-refractivity contribution in [3.05, 3.63) is 53.1 Å². The number of aliphatic hydroxyl groups excluding tert-OH is 1.